The summed E-state index contributed by atoms with van der Waals surface area (Å²) in [5, 5.41) is 0. The minimum Gasteiger partial charge on any atom is -0.300 e. The predicted octanol–water partition coefficient (Wildman–Crippen LogP) is 3.94. The lowest BCUT2D eigenvalue weighted by molar-refractivity contribution is -0.118. The second-order valence-corrected chi connectivity index (χ2v) is 4.10. The van der Waals surface area contributed by atoms with Crippen LogP contribution in [0.5, 0.6) is 0 Å². The second kappa shape index (κ2) is 6.39. The number of rotatable bonds is 6. The molecule has 15 heavy (non-hydrogen) atoms. The lowest BCUT2D eigenvalue weighted by atomic mass is 9.95. The van der Waals surface area contributed by atoms with E-state index >= 15 is 0 Å². The fourth-order valence-electron chi connectivity index (χ4n) is 1.73. The molecule has 1 nitrogen and oxygen atoms in total. The fourth-order valence-corrected chi connectivity index (χ4v) is 1.73. The quantitative estimate of drug-likeness (QED) is 0.686. The van der Waals surface area contributed by atoms with Gasteiger partial charge in [-0.1, -0.05) is 44.2 Å². The molecule has 0 aliphatic heterocycles. The molecule has 0 aliphatic carbocycles. The zero-order valence-corrected chi connectivity index (χ0v) is 9.70. The van der Waals surface area contributed by atoms with Gasteiger partial charge in [0.25, 0.3) is 0 Å². The summed E-state index contributed by atoms with van der Waals surface area (Å²) >= 11 is 0. The summed E-state index contributed by atoms with van der Waals surface area (Å²) in [6.45, 7) is 4.16. The molecule has 1 atom stereocenters. The Morgan fingerprint density at radius 2 is 1.93 bits per heavy atom. The molecule has 0 bridgehead atoms. The van der Waals surface area contributed by atoms with E-state index in [2.05, 4.69) is 31.2 Å². The minimum absolute atomic E-state index is 0.385. The van der Waals surface area contributed by atoms with E-state index in [1.807, 2.05) is 13.0 Å². The third-order valence-electron chi connectivity index (χ3n) is 2.86. The summed E-state index contributed by atoms with van der Waals surface area (Å²) in [5.41, 5.74) is 1.38. The van der Waals surface area contributed by atoms with Gasteiger partial charge in [0.2, 0.25) is 0 Å². The second-order valence-electron chi connectivity index (χ2n) is 4.10. The molecule has 1 rings (SSSR count). The van der Waals surface area contributed by atoms with E-state index < -0.39 is 0 Å². The van der Waals surface area contributed by atoms with Crippen molar-refractivity contribution in [3.8, 4) is 0 Å². The monoisotopic (exact) mass is 204 g/mol. The largest absolute Gasteiger partial charge is 0.300 e. The zero-order chi connectivity index (χ0) is 11.1. The normalized spacial score (nSPS) is 12.4. The first-order valence-electron chi connectivity index (χ1n) is 5.80. The first-order chi connectivity index (χ1) is 7.24. The van der Waals surface area contributed by atoms with E-state index in [-0.39, 0.29) is 0 Å². The number of carbonyl (C=O) groups is 1. The van der Waals surface area contributed by atoms with Crippen LogP contribution in [0.3, 0.4) is 0 Å². The molecule has 0 aliphatic rings. The molecular weight excluding hydrogens is 184 g/mol. The molecule has 1 unspecified atom stereocenters. The summed E-state index contributed by atoms with van der Waals surface area (Å²) in [6.07, 6.45) is 3.55. The Bertz CT molecular complexity index is 289. The van der Waals surface area contributed by atoms with Gasteiger partial charge in [0.15, 0.2) is 0 Å². The van der Waals surface area contributed by atoms with Crippen LogP contribution in [0.4, 0.5) is 0 Å². The van der Waals surface area contributed by atoms with Gasteiger partial charge in [-0.15, -0.1) is 0 Å². The summed E-state index contributed by atoms with van der Waals surface area (Å²) in [5.74, 6) is 0.950. The molecule has 0 heterocycles. The number of hydrogen-bond acceptors (Lipinski definition) is 1. The van der Waals surface area contributed by atoms with Gasteiger partial charge in [-0.25, -0.2) is 0 Å². The molecule has 0 aromatic heterocycles. The molecule has 0 saturated carbocycles. The molecule has 0 radical (unpaired) electrons. The maximum absolute atomic E-state index is 11.1. The molecule has 0 N–H and O–H groups in total. The van der Waals surface area contributed by atoms with E-state index in [0.29, 0.717) is 18.1 Å². The third kappa shape index (κ3) is 4.28. The predicted molar refractivity (Wildman–Crippen MR) is 64.0 cm³/mol. The molecule has 1 aromatic carbocycles. The van der Waals surface area contributed by atoms with Gasteiger partial charge < -0.3 is 0 Å². The molecule has 0 amide bonds. The lowest BCUT2D eigenvalue weighted by Gasteiger charge is -2.10. The third-order valence-corrected chi connectivity index (χ3v) is 2.86. The van der Waals surface area contributed by atoms with Gasteiger partial charge in [0, 0.05) is 12.8 Å². The van der Waals surface area contributed by atoms with E-state index in [9.17, 15) is 4.79 Å². The van der Waals surface area contributed by atoms with E-state index in [0.717, 1.165) is 19.3 Å². The van der Waals surface area contributed by atoms with Crippen LogP contribution in [0, 0.1) is 0 Å². The number of ketones is 1. The van der Waals surface area contributed by atoms with Crippen molar-refractivity contribution in [2.24, 2.45) is 0 Å². The van der Waals surface area contributed by atoms with Crippen molar-refractivity contribution in [3.05, 3.63) is 35.9 Å². The molecule has 82 valence electrons. The highest BCUT2D eigenvalue weighted by Gasteiger charge is 2.05. The van der Waals surface area contributed by atoms with E-state index in [1.54, 1.807) is 0 Å². The van der Waals surface area contributed by atoms with Crippen LogP contribution in [0.25, 0.3) is 0 Å². The topological polar surface area (TPSA) is 17.1 Å². The van der Waals surface area contributed by atoms with E-state index in [4.69, 9.17) is 0 Å². The van der Waals surface area contributed by atoms with Crippen LogP contribution < -0.4 is 0 Å². The van der Waals surface area contributed by atoms with E-state index in [1.165, 1.54) is 5.56 Å². The number of carbonyl (C=O) groups excluding carboxylic acids is 1. The first-order valence-corrected chi connectivity index (χ1v) is 5.80. The summed E-state index contributed by atoms with van der Waals surface area (Å²) in [4.78, 5) is 11.1. The van der Waals surface area contributed by atoms with Crippen LogP contribution >= 0.6 is 0 Å². The average Bonchev–Trinajstić information content (AvgIpc) is 2.29. The van der Waals surface area contributed by atoms with Gasteiger partial charge in [0.1, 0.15) is 5.78 Å². The van der Waals surface area contributed by atoms with Crippen LogP contribution in [0.15, 0.2) is 30.3 Å². The van der Waals surface area contributed by atoms with Crippen LogP contribution in [0.2, 0.25) is 0 Å². The van der Waals surface area contributed by atoms with Crippen molar-refractivity contribution in [2.45, 2.75) is 45.4 Å². The van der Waals surface area contributed by atoms with Gasteiger partial charge >= 0.3 is 0 Å². The van der Waals surface area contributed by atoms with Crippen LogP contribution in [0.1, 0.15) is 51.0 Å². The summed E-state index contributed by atoms with van der Waals surface area (Å²) < 4.78 is 0. The van der Waals surface area contributed by atoms with Gasteiger partial charge in [-0.2, -0.15) is 0 Å². The van der Waals surface area contributed by atoms with Crippen molar-refractivity contribution in [2.75, 3.05) is 0 Å². The SMILES string of the molecule is CCC(=O)CCCC(C)c1ccccc1. The Morgan fingerprint density at radius 3 is 2.53 bits per heavy atom. The van der Waals surface area contributed by atoms with Crippen molar-refractivity contribution in [1.82, 2.24) is 0 Å². The highest BCUT2D eigenvalue weighted by atomic mass is 16.1. The van der Waals surface area contributed by atoms with Crippen molar-refractivity contribution in [1.29, 1.82) is 0 Å². The summed E-state index contributed by atoms with van der Waals surface area (Å²) in [7, 11) is 0. The zero-order valence-electron chi connectivity index (χ0n) is 9.70. The highest BCUT2D eigenvalue weighted by molar-refractivity contribution is 5.77. The Hall–Kier alpha value is -1.11. The molecule has 0 spiro atoms. The number of benzene rings is 1. The molecule has 1 aromatic rings. The molecule has 0 fully saturated rings. The molecule has 1 heteroatoms. The Balaban J connectivity index is 2.31. The Labute approximate surface area is 92.5 Å². The highest BCUT2D eigenvalue weighted by Crippen LogP contribution is 2.20. The Kier molecular flexibility index (Phi) is 5.09. The van der Waals surface area contributed by atoms with Crippen LogP contribution in [-0.2, 0) is 4.79 Å². The van der Waals surface area contributed by atoms with Crippen molar-refractivity contribution in [3.63, 3.8) is 0 Å². The fraction of sp³-hybridized carbons (Fsp3) is 0.500. The van der Waals surface area contributed by atoms with Gasteiger partial charge in [-0.3, -0.25) is 4.79 Å². The maximum Gasteiger partial charge on any atom is 0.132 e. The number of Topliss-reactive ketones (excluding diaryl/α,β-unsaturated/α-hetero) is 1. The minimum atomic E-state index is 0.385. The maximum atomic E-state index is 11.1. The van der Waals surface area contributed by atoms with Crippen molar-refractivity contribution < 1.29 is 4.79 Å². The number of hydrogen-bond donors (Lipinski definition) is 0. The van der Waals surface area contributed by atoms with Crippen LogP contribution in [-0.4, -0.2) is 5.78 Å². The first kappa shape index (κ1) is 12.0. The van der Waals surface area contributed by atoms with Gasteiger partial charge in [0.05, 0.1) is 0 Å². The smallest absolute Gasteiger partial charge is 0.132 e. The average molecular weight is 204 g/mol. The standard InChI is InChI=1S/C14H20O/c1-3-14(15)11-7-8-12(2)13-9-5-4-6-10-13/h4-6,9-10,12H,3,7-8,11H2,1-2H3. The Morgan fingerprint density at radius 1 is 1.27 bits per heavy atom. The lowest BCUT2D eigenvalue weighted by Crippen LogP contribution is -1.98. The van der Waals surface area contributed by atoms with Gasteiger partial charge in [-0.05, 0) is 24.3 Å². The molecule has 0 saturated heterocycles. The molecular formula is C14H20O. The summed E-state index contributed by atoms with van der Waals surface area (Å²) in [6, 6.07) is 10.5. The van der Waals surface area contributed by atoms with Crippen molar-refractivity contribution >= 4 is 5.78 Å².